The Balaban J connectivity index is 2.35. The molecule has 1 aliphatic heterocycles. The largest absolute Gasteiger partial charge is 0.391 e. The van der Waals surface area contributed by atoms with Crippen molar-refractivity contribution in [2.24, 2.45) is 5.73 Å². The molecule has 9 heteroatoms. The van der Waals surface area contributed by atoms with Gasteiger partial charge in [-0.1, -0.05) is 23.8 Å². The van der Waals surface area contributed by atoms with Gasteiger partial charge in [0.1, 0.15) is 21.8 Å². The molecule has 1 unspecified atom stereocenters. The molecule has 0 saturated carbocycles. The van der Waals surface area contributed by atoms with Gasteiger partial charge in [0.2, 0.25) is 10.0 Å². The summed E-state index contributed by atoms with van der Waals surface area (Å²) < 4.78 is 44.6. The predicted molar refractivity (Wildman–Crippen MR) is 76.7 cm³/mol. The van der Waals surface area contributed by atoms with Gasteiger partial charge in [-0.2, -0.15) is 4.31 Å². The molecule has 0 amide bonds. The fourth-order valence-electron chi connectivity index (χ4n) is 1.83. The molecule has 20 heavy (non-hydrogen) atoms. The molecule has 1 aliphatic rings. The van der Waals surface area contributed by atoms with E-state index in [9.17, 15) is 12.8 Å². The highest BCUT2D eigenvalue weighted by molar-refractivity contribution is 7.89. The zero-order valence-corrected chi connectivity index (χ0v) is 12.6. The third-order valence-electron chi connectivity index (χ3n) is 2.86. The molecule has 1 fully saturated rings. The highest BCUT2D eigenvalue weighted by Gasteiger charge is 2.33. The zero-order valence-electron chi connectivity index (χ0n) is 10.3. The van der Waals surface area contributed by atoms with Crippen LogP contribution in [0.15, 0.2) is 23.1 Å². The van der Waals surface area contributed by atoms with Gasteiger partial charge < -0.3 is 10.5 Å². The summed E-state index contributed by atoms with van der Waals surface area (Å²) in [5, 5.41) is -0.0373. The summed E-state index contributed by atoms with van der Waals surface area (Å²) in [6, 6.07) is 3.19. The average molecular weight is 339 g/mol. The molecule has 2 N–H and O–H groups in total. The first-order chi connectivity index (χ1) is 9.32. The lowest BCUT2D eigenvalue weighted by molar-refractivity contribution is 0.0386. The zero-order chi connectivity index (χ0) is 14.9. The van der Waals surface area contributed by atoms with Crippen molar-refractivity contribution in [2.45, 2.75) is 11.0 Å². The maximum atomic E-state index is 13.2. The van der Waals surface area contributed by atoms with Crippen molar-refractivity contribution < 1.29 is 17.5 Å². The lowest BCUT2D eigenvalue weighted by Crippen LogP contribution is -2.49. The van der Waals surface area contributed by atoms with E-state index in [1.54, 1.807) is 0 Å². The van der Waals surface area contributed by atoms with Crippen LogP contribution >= 0.6 is 23.8 Å². The Morgan fingerprint density at radius 1 is 1.55 bits per heavy atom. The van der Waals surface area contributed by atoms with E-state index in [1.165, 1.54) is 6.07 Å². The van der Waals surface area contributed by atoms with Crippen LogP contribution in [0.1, 0.15) is 0 Å². The molecule has 1 atom stereocenters. The van der Waals surface area contributed by atoms with Crippen molar-refractivity contribution in [1.29, 1.82) is 0 Å². The van der Waals surface area contributed by atoms with Gasteiger partial charge in [-0.15, -0.1) is 0 Å². The standard InChI is InChI=1S/C11H12ClFN2O3S2/c12-8-2-1-7(13)5-10(8)20(16,17)15-3-4-18-9(6-15)11(14)19/h1-2,5,9H,3-4,6H2,(H2,14,19). The summed E-state index contributed by atoms with van der Waals surface area (Å²) in [5.74, 6) is -0.674. The van der Waals surface area contributed by atoms with Gasteiger partial charge in [-0.05, 0) is 18.2 Å². The topological polar surface area (TPSA) is 72.6 Å². The van der Waals surface area contributed by atoms with Crippen LogP contribution in [0, 0.1) is 5.82 Å². The van der Waals surface area contributed by atoms with Crippen molar-refractivity contribution in [3.05, 3.63) is 29.0 Å². The average Bonchev–Trinajstić information content (AvgIpc) is 2.41. The van der Waals surface area contributed by atoms with Gasteiger partial charge >= 0.3 is 0 Å². The third kappa shape index (κ3) is 3.09. The number of hydrogen-bond acceptors (Lipinski definition) is 4. The molecule has 0 aromatic heterocycles. The molecule has 0 spiro atoms. The number of ether oxygens (including phenoxy) is 1. The summed E-state index contributed by atoms with van der Waals surface area (Å²) in [6.07, 6.45) is -0.652. The van der Waals surface area contributed by atoms with Crippen molar-refractivity contribution in [3.8, 4) is 0 Å². The van der Waals surface area contributed by atoms with Gasteiger partial charge in [-0.3, -0.25) is 0 Å². The second-order valence-electron chi connectivity index (χ2n) is 4.20. The molecule has 1 aromatic carbocycles. The van der Waals surface area contributed by atoms with Crippen LogP contribution in [-0.2, 0) is 14.8 Å². The molecular formula is C11H12ClFN2O3S2. The molecule has 0 radical (unpaired) electrons. The Bertz CT molecular complexity index is 639. The summed E-state index contributed by atoms with van der Waals surface area (Å²) in [7, 11) is -3.92. The van der Waals surface area contributed by atoms with Crippen molar-refractivity contribution >= 4 is 38.8 Å². The first kappa shape index (κ1) is 15.6. The smallest absolute Gasteiger partial charge is 0.244 e. The second-order valence-corrected chi connectivity index (χ2v) is 6.98. The van der Waals surface area contributed by atoms with Gasteiger partial charge in [0.15, 0.2) is 0 Å². The predicted octanol–water partition coefficient (Wildman–Crippen LogP) is 1.15. The number of sulfonamides is 1. The Labute approximate surface area is 126 Å². The normalized spacial score (nSPS) is 20.8. The third-order valence-corrected chi connectivity index (χ3v) is 5.47. The molecule has 0 aliphatic carbocycles. The highest BCUT2D eigenvalue weighted by Crippen LogP contribution is 2.26. The van der Waals surface area contributed by atoms with Crippen LogP contribution in [0.3, 0.4) is 0 Å². The molecule has 0 bridgehead atoms. The van der Waals surface area contributed by atoms with E-state index in [2.05, 4.69) is 0 Å². The van der Waals surface area contributed by atoms with Crippen molar-refractivity contribution in [2.75, 3.05) is 19.7 Å². The molecule has 110 valence electrons. The Morgan fingerprint density at radius 3 is 2.90 bits per heavy atom. The molecule has 1 heterocycles. The number of morpholine rings is 1. The van der Waals surface area contributed by atoms with E-state index in [0.29, 0.717) is 0 Å². The van der Waals surface area contributed by atoms with E-state index >= 15 is 0 Å². The van der Waals surface area contributed by atoms with Gasteiger partial charge in [0.25, 0.3) is 0 Å². The first-order valence-electron chi connectivity index (χ1n) is 5.68. The first-order valence-corrected chi connectivity index (χ1v) is 7.91. The number of halogens is 2. The lowest BCUT2D eigenvalue weighted by Gasteiger charge is -2.31. The Morgan fingerprint density at radius 2 is 2.25 bits per heavy atom. The van der Waals surface area contributed by atoms with Gasteiger partial charge in [-0.25, -0.2) is 12.8 Å². The van der Waals surface area contributed by atoms with Gasteiger partial charge in [0, 0.05) is 13.1 Å². The van der Waals surface area contributed by atoms with Crippen LogP contribution in [0.4, 0.5) is 4.39 Å². The van der Waals surface area contributed by atoms with E-state index in [0.717, 1.165) is 16.4 Å². The summed E-state index contributed by atoms with van der Waals surface area (Å²) >= 11 is 10.6. The van der Waals surface area contributed by atoms with E-state index in [-0.39, 0.29) is 34.6 Å². The molecule has 2 rings (SSSR count). The Hall–Kier alpha value is -0.800. The number of benzene rings is 1. The minimum Gasteiger partial charge on any atom is -0.391 e. The number of hydrogen-bond donors (Lipinski definition) is 1. The SMILES string of the molecule is NC(=S)C1CN(S(=O)(=O)c2cc(F)ccc2Cl)CCO1. The summed E-state index contributed by atoms with van der Waals surface area (Å²) in [4.78, 5) is -0.196. The van der Waals surface area contributed by atoms with Crippen molar-refractivity contribution in [3.63, 3.8) is 0 Å². The quantitative estimate of drug-likeness (QED) is 0.837. The number of rotatable bonds is 3. The summed E-state index contributed by atoms with van der Waals surface area (Å²) in [5.41, 5.74) is 5.46. The molecule has 5 nitrogen and oxygen atoms in total. The molecular weight excluding hydrogens is 327 g/mol. The second kappa shape index (κ2) is 5.90. The van der Waals surface area contributed by atoms with Crippen LogP contribution in [0.2, 0.25) is 5.02 Å². The minimum atomic E-state index is -3.92. The number of thiocarbonyl (C=S) groups is 1. The minimum absolute atomic E-state index is 0.00942. The van der Waals surface area contributed by atoms with Crippen LogP contribution in [0.25, 0.3) is 0 Å². The van der Waals surface area contributed by atoms with Crippen molar-refractivity contribution in [1.82, 2.24) is 4.31 Å². The van der Waals surface area contributed by atoms with Crippen LogP contribution < -0.4 is 5.73 Å². The summed E-state index contributed by atoms with van der Waals surface area (Å²) in [6.45, 7) is 0.285. The number of nitrogens with zero attached hydrogens (tertiary/aromatic N) is 1. The number of nitrogens with two attached hydrogens (primary N) is 1. The van der Waals surface area contributed by atoms with E-state index in [1.807, 2.05) is 0 Å². The fraction of sp³-hybridized carbons (Fsp3) is 0.364. The maximum absolute atomic E-state index is 13.2. The Kier molecular flexibility index (Phi) is 4.60. The van der Waals surface area contributed by atoms with Crippen LogP contribution in [-0.4, -0.2) is 43.5 Å². The molecule has 1 saturated heterocycles. The highest BCUT2D eigenvalue weighted by atomic mass is 35.5. The molecule has 1 aromatic rings. The van der Waals surface area contributed by atoms with Gasteiger partial charge in [0.05, 0.1) is 11.6 Å². The maximum Gasteiger partial charge on any atom is 0.244 e. The van der Waals surface area contributed by atoms with E-state index < -0.39 is 21.9 Å². The van der Waals surface area contributed by atoms with E-state index in [4.69, 9.17) is 34.3 Å². The monoisotopic (exact) mass is 338 g/mol. The van der Waals surface area contributed by atoms with Crippen LogP contribution in [0.5, 0.6) is 0 Å². The lowest BCUT2D eigenvalue weighted by atomic mass is 10.3. The fourth-order valence-corrected chi connectivity index (χ4v) is 3.88.